The van der Waals surface area contributed by atoms with Crippen molar-refractivity contribution in [3.63, 3.8) is 0 Å². The molecule has 9 heteroatoms. The Morgan fingerprint density at radius 3 is 2.44 bits per heavy atom. The average molecular weight is 473 g/mol. The number of likely N-dealkylation sites (N-methyl/N-ethyl adjacent to an activating group) is 1. The first kappa shape index (κ1) is 23.6. The number of esters is 1. The second kappa shape index (κ2) is 8.20. The molecule has 9 nitrogen and oxygen atoms in total. The van der Waals surface area contributed by atoms with Crippen molar-refractivity contribution in [3.05, 3.63) is 0 Å². The summed E-state index contributed by atoms with van der Waals surface area (Å²) >= 11 is 0. The van der Waals surface area contributed by atoms with E-state index in [-0.39, 0.29) is 36.8 Å². The number of carboxylic acid groups (broad SMARTS) is 1. The molecule has 0 aromatic carbocycles. The van der Waals surface area contributed by atoms with Gasteiger partial charge in [0.15, 0.2) is 0 Å². The molecule has 9 atom stereocenters. The molecule has 1 heterocycles. The number of amides is 1. The Balaban J connectivity index is 1.35. The Hall–Kier alpha value is -2.18. The molecule has 5 saturated carbocycles. The number of carbonyl (C=O) groups excluding carboxylic acids is 2. The van der Waals surface area contributed by atoms with Gasteiger partial charge < -0.3 is 20.5 Å². The number of nitrogens with two attached hydrogens (primary N) is 1. The molecule has 6 rings (SSSR count). The predicted octanol–water partition coefficient (Wildman–Crippen LogP) is 1.50. The maximum Gasteiger partial charge on any atom is 0.323 e. The van der Waals surface area contributed by atoms with Crippen molar-refractivity contribution in [2.45, 2.75) is 94.0 Å². The Labute approximate surface area is 200 Å². The lowest BCUT2D eigenvalue weighted by molar-refractivity contribution is -0.209. The van der Waals surface area contributed by atoms with Crippen LogP contribution in [0.15, 0.2) is 0 Å². The summed E-state index contributed by atoms with van der Waals surface area (Å²) in [4.78, 5) is 41.4. The molecule has 0 spiro atoms. The van der Waals surface area contributed by atoms with Crippen LogP contribution in [0.2, 0.25) is 0 Å². The number of piperidine rings is 1. The molecule has 1 amide bonds. The molecule has 5 unspecified atom stereocenters. The largest absolute Gasteiger partial charge is 0.481 e. The third-order valence-corrected chi connectivity index (χ3v) is 9.33. The number of nitrogens with zero attached hydrogens (tertiary/aromatic N) is 3. The first-order chi connectivity index (χ1) is 16.1. The van der Waals surface area contributed by atoms with Gasteiger partial charge in [-0.2, -0.15) is 5.26 Å². The number of likely N-dealkylation sites (tertiary alicyclic amines) is 1. The van der Waals surface area contributed by atoms with Crippen molar-refractivity contribution in [2.75, 3.05) is 14.1 Å². The monoisotopic (exact) mass is 472 g/mol. The lowest BCUT2D eigenvalue weighted by Crippen LogP contribution is -2.66. The van der Waals surface area contributed by atoms with E-state index >= 15 is 0 Å². The molecule has 186 valence electrons. The molecule has 6 fully saturated rings. The zero-order chi connectivity index (χ0) is 24.4. The minimum atomic E-state index is -0.937. The molecule has 0 aromatic heterocycles. The van der Waals surface area contributed by atoms with Crippen LogP contribution >= 0.6 is 0 Å². The molecule has 1 saturated heterocycles. The van der Waals surface area contributed by atoms with E-state index in [9.17, 15) is 19.6 Å². The summed E-state index contributed by atoms with van der Waals surface area (Å²) in [5.74, 6) is -0.250. The highest BCUT2D eigenvalue weighted by molar-refractivity contribution is 5.84. The molecule has 34 heavy (non-hydrogen) atoms. The Morgan fingerprint density at radius 2 is 1.85 bits per heavy atom. The van der Waals surface area contributed by atoms with Crippen LogP contribution in [-0.4, -0.2) is 76.6 Å². The highest BCUT2D eigenvalue weighted by Gasteiger charge is 2.64. The van der Waals surface area contributed by atoms with E-state index in [1.165, 1.54) is 0 Å². The second-order valence-corrected chi connectivity index (χ2v) is 12.0. The molecule has 1 aliphatic heterocycles. The molecule has 6 aliphatic rings. The fourth-order valence-corrected chi connectivity index (χ4v) is 8.17. The first-order valence-corrected chi connectivity index (χ1v) is 12.6. The highest BCUT2D eigenvalue weighted by Crippen LogP contribution is 2.64. The van der Waals surface area contributed by atoms with Crippen LogP contribution in [0.4, 0.5) is 0 Å². The van der Waals surface area contributed by atoms with Gasteiger partial charge in [0, 0.05) is 12.5 Å². The van der Waals surface area contributed by atoms with Crippen molar-refractivity contribution in [1.82, 2.24) is 9.80 Å². The molecular weight excluding hydrogens is 436 g/mol. The van der Waals surface area contributed by atoms with Gasteiger partial charge in [0.25, 0.3) is 0 Å². The van der Waals surface area contributed by atoms with Gasteiger partial charge in [-0.1, -0.05) is 0 Å². The van der Waals surface area contributed by atoms with Crippen LogP contribution in [-0.2, 0) is 19.1 Å². The van der Waals surface area contributed by atoms with Crippen LogP contribution in [0.3, 0.4) is 0 Å². The van der Waals surface area contributed by atoms with Gasteiger partial charge in [-0.05, 0) is 95.1 Å². The number of fused-ring (bicyclic) bond motifs is 1. The number of rotatable bonds is 8. The highest BCUT2D eigenvalue weighted by atomic mass is 16.6. The smallest absolute Gasteiger partial charge is 0.323 e. The van der Waals surface area contributed by atoms with E-state index in [0.717, 1.165) is 44.9 Å². The summed E-state index contributed by atoms with van der Waals surface area (Å²) in [6.45, 7) is 0. The summed E-state index contributed by atoms with van der Waals surface area (Å²) < 4.78 is 6.25. The van der Waals surface area contributed by atoms with Crippen LogP contribution in [0.5, 0.6) is 0 Å². The summed E-state index contributed by atoms with van der Waals surface area (Å²) in [5, 5.41) is 18.7. The lowest BCUT2D eigenvalue weighted by Gasteiger charge is -2.62. The molecule has 3 N–H and O–H groups in total. The van der Waals surface area contributed by atoms with Crippen LogP contribution < -0.4 is 5.73 Å². The molecule has 4 bridgehead atoms. The fraction of sp³-hybridized carbons (Fsp3) is 0.840. The minimum Gasteiger partial charge on any atom is -0.481 e. The number of aliphatic carboxylic acids is 1. The van der Waals surface area contributed by atoms with E-state index in [1.54, 1.807) is 23.9 Å². The maximum absolute atomic E-state index is 13.6. The quantitative estimate of drug-likeness (QED) is 0.507. The van der Waals surface area contributed by atoms with Crippen molar-refractivity contribution in [1.29, 1.82) is 5.26 Å². The minimum absolute atomic E-state index is 0.0996. The summed E-state index contributed by atoms with van der Waals surface area (Å²) in [6, 6.07) is 0.770. The van der Waals surface area contributed by atoms with Gasteiger partial charge in [0.1, 0.15) is 17.7 Å². The van der Waals surface area contributed by atoms with Crippen molar-refractivity contribution in [2.24, 2.45) is 28.9 Å². The second-order valence-electron chi connectivity index (χ2n) is 12.0. The number of ether oxygens (including phenoxy) is 1. The van der Waals surface area contributed by atoms with Crippen molar-refractivity contribution >= 4 is 17.8 Å². The van der Waals surface area contributed by atoms with Crippen LogP contribution in [0, 0.1) is 34.5 Å². The van der Waals surface area contributed by atoms with E-state index in [0.29, 0.717) is 24.2 Å². The number of hydrogen-bond acceptors (Lipinski definition) is 7. The van der Waals surface area contributed by atoms with Gasteiger partial charge in [0.2, 0.25) is 5.91 Å². The number of nitriles is 1. The van der Waals surface area contributed by atoms with E-state index in [1.807, 2.05) is 0 Å². The predicted molar refractivity (Wildman–Crippen MR) is 121 cm³/mol. The maximum atomic E-state index is 13.6. The topological polar surface area (TPSA) is 137 Å². The summed E-state index contributed by atoms with van der Waals surface area (Å²) in [6.07, 6.45) is 6.77. The number of carbonyl (C=O) groups is 3. The van der Waals surface area contributed by atoms with Gasteiger partial charge in [0.05, 0.1) is 12.1 Å². The standard InChI is InChI=1S/C25H36N4O5/c1-28(2)18(3-4-20(30)31)23(33)34-25-10-14-5-15(11-25)9-24(8-14,13-25)21(27)22(32)29-17(12-26)6-16-7-19(16)29/h14-19,21H,3-11,13,27H2,1-2H3,(H,30,31)/t14-,15?,16?,17-,18-,19?,21+,24?,25?/m0/s1. The number of hydrogen-bond donors (Lipinski definition) is 2. The van der Waals surface area contributed by atoms with E-state index < -0.39 is 29.1 Å². The zero-order valence-corrected chi connectivity index (χ0v) is 20.1. The average Bonchev–Trinajstić information content (AvgIpc) is 3.40. The van der Waals surface area contributed by atoms with E-state index in [4.69, 9.17) is 15.6 Å². The lowest BCUT2D eigenvalue weighted by atomic mass is 9.46. The van der Waals surface area contributed by atoms with Gasteiger partial charge in [-0.15, -0.1) is 0 Å². The van der Waals surface area contributed by atoms with Crippen molar-refractivity contribution in [3.8, 4) is 6.07 Å². The fourth-order valence-electron chi connectivity index (χ4n) is 8.17. The van der Waals surface area contributed by atoms with Gasteiger partial charge in [-0.3, -0.25) is 19.3 Å². The van der Waals surface area contributed by atoms with E-state index in [2.05, 4.69) is 6.07 Å². The summed E-state index contributed by atoms with van der Waals surface area (Å²) in [5.41, 5.74) is 5.70. The van der Waals surface area contributed by atoms with Crippen LogP contribution in [0.1, 0.15) is 64.2 Å². The normalized spacial score (nSPS) is 41.0. The SMILES string of the molecule is CN(C)[C@@H](CCC(=O)O)C(=O)OC12CC3C[C@H](C1)CC([C@H](N)C(=O)N1C4CC4C[C@H]1C#N)(C3)C2. The Bertz CT molecular complexity index is 915. The van der Waals surface area contributed by atoms with Crippen molar-refractivity contribution < 1.29 is 24.2 Å². The summed E-state index contributed by atoms with van der Waals surface area (Å²) in [7, 11) is 3.52. The first-order valence-electron chi connectivity index (χ1n) is 12.6. The molecule has 0 radical (unpaired) electrons. The van der Waals surface area contributed by atoms with Gasteiger partial charge in [-0.25, -0.2) is 0 Å². The Morgan fingerprint density at radius 1 is 1.18 bits per heavy atom. The Kier molecular flexibility index (Phi) is 5.68. The molecule has 0 aromatic rings. The van der Waals surface area contributed by atoms with Gasteiger partial charge >= 0.3 is 11.9 Å². The molecular formula is C25H36N4O5. The zero-order valence-electron chi connectivity index (χ0n) is 20.1. The number of carboxylic acids is 1. The third kappa shape index (κ3) is 3.89. The van der Waals surface area contributed by atoms with Crippen LogP contribution in [0.25, 0.3) is 0 Å². The molecule has 5 aliphatic carbocycles. The third-order valence-electron chi connectivity index (χ3n) is 9.33.